The fourth-order valence-corrected chi connectivity index (χ4v) is 3.27. The van der Waals surface area contributed by atoms with Crippen LogP contribution in [-0.4, -0.2) is 19.0 Å². The standard InChI is InChI=1S/C25H19NO5/c1-15-7-12-22-19(13-15)21(27)14-23(31-22)16-8-10-17(11-9-16)24(28)26-20-6-4-3-5-18(20)25(29)30-2/h3-14H,1-2H3,(H,26,28). The lowest BCUT2D eigenvalue weighted by Crippen LogP contribution is -2.15. The molecule has 4 rings (SSSR count). The van der Waals surface area contributed by atoms with E-state index in [4.69, 9.17) is 9.15 Å². The summed E-state index contributed by atoms with van der Waals surface area (Å²) in [7, 11) is 1.28. The Labute approximate surface area is 178 Å². The quantitative estimate of drug-likeness (QED) is 0.486. The molecule has 4 aromatic rings. The van der Waals surface area contributed by atoms with Crippen LogP contribution < -0.4 is 10.7 Å². The lowest BCUT2D eigenvalue weighted by molar-refractivity contribution is 0.0602. The third kappa shape index (κ3) is 4.09. The maximum Gasteiger partial charge on any atom is 0.339 e. The van der Waals surface area contributed by atoms with E-state index in [9.17, 15) is 14.4 Å². The zero-order valence-electron chi connectivity index (χ0n) is 17.0. The van der Waals surface area contributed by atoms with Crippen molar-refractivity contribution in [2.75, 3.05) is 12.4 Å². The molecule has 0 aliphatic carbocycles. The summed E-state index contributed by atoms with van der Waals surface area (Å²) in [5.74, 6) is -0.490. The van der Waals surface area contributed by atoms with E-state index in [1.165, 1.54) is 13.2 Å². The number of hydrogen-bond acceptors (Lipinski definition) is 5. The van der Waals surface area contributed by atoms with Crippen LogP contribution in [0, 0.1) is 6.92 Å². The molecule has 154 valence electrons. The van der Waals surface area contributed by atoms with E-state index >= 15 is 0 Å². The number of ether oxygens (including phenoxy) is 1. The summed E-state index contributed by atoms with van der Waals surface area (Å²) in [4.78, 5) is 37.0. The molecule has 31 heavy (non-hydrogen) atoms. The molecule has 0 unspecified atom stereocenters. The molecule has 1 aromatic heterocycles. The minimum absolute atomic E-state index is 0.124. The van der Waals surface area contributed by atoms with Crippen LogP contribution in [0.2, 0.25) is 0 Å². The summed E-state index contributed by atoms with van der Waals surface area (Å²) in [6.07, 6.45) is 0. The summed E-state index contributed by atoms with van der Waals surface area (Å²) < 4.78 is 10.6. The van der Waals surface area contributed by atoms with Crippen molar-refractivity contribution in [2.45, 2.75) is 6.92 Å². The van der Waals surface area contributed by atoms with Gasteiger partial charge in [-0.1, -0.05) is 35.9 Å². The van der Waals surface area contributed by atoms with Crippen molar-refractivity contribution < 1.29 is 18.7 Å². The number of amides is 1. The Morgan fingerprint density at radius 2 is 1.68 bits per heavy atom. The second kappa shape index (κ2) is 8.28. The third-order valence-corrected chi connectivity index (χ3v) is 4.89. The molecule has 1 N–H and O–H groups in total. The van der Waals surface area contributed by atoms with Crippen molar-refractivity contribution in [3.63, 3.8) is 0 Å². The highest BCUT2D eigenvalue weighted by atomic mass is 16.5. The van der Waals surface area contributed by atoms with Gasteiger partial charge in [0.25, 0.3) is 5.91 Å². The van der Waals surface area contributed by atoms with E-state index in [0.29, 0.717) is 33.5 Å². The van der Waals surface area contributed by atoms with Crippen LogP contribution in [0.15, 0.2) is 82.0 Å². The summed E-state index contributed by atoms with van der Waals surface area (Å²) in [5.41, 5.74) is 3.06. The van der Waals surface area contributed by atoms with E-state index in [0.717, 1.165) is 5.56 Å². The summed E-state index contributed by atoms with van der Waals surface area (Å²) >= 11 is 0. The van der Waals surface area contributed by atoms with Crippen molar-refractivity contribution in [3.8, 4) is 11.3 Å². The Bertz CT molecular complexity index is 1350. The number of anilines is 1. The van der Waals surface area contributed by atoms with Gasteiger partial charge < -0.3 is 14.5 Å². The highest BCUT2D eigenvalue weighted by Crippen LogP contribution is 2.24. The Morgan fingerprint density at radius 3 is 2.42 bits per heavy atom. The molecular weight excluding hydrogens is 394 g/mol. The maximum atomic E-state index is 12.6. The van der Waals surface area contributed by atoms with Crippen LogP contribution in [0.1, 0.15) is 26.3 Å². The van der Waals surface area contributed by atoms with Gasteiger partial charge in [0.05, 0.1) is 23.7 Å². The fraction of sp³-hybridized carbons (Fsp3) is 0.0800. The summed E-state index contributed by atoms with van der Waals surface area (Å²) in [6.45, 7) is 1.92. The lowest BCUT2D eigenvalue weighted by Gasteiger charge is -2.10. The fourth-order valence-electron chi connectivity index (χ4n) is 3.27. The Kier molecular flexibility index (Phi) is 5.37. The second-order valence-electron chi connectivity index (χ2n) is 7.04. The first-order valence-corrected chi connectivity index (χ1v) is 9.60. The molecule has 0 aliphatic heterocycles. The van der Waals surface area contributed by atoms with E-state index in [1.54, 1.807) is 60.7 Å². The molecule has 0 aliphatic rings. The normalized spacial score (nSPS) is 10.6. The number of para-hydroxylation sites is 1. The van der Waals surface area contributed by atoms with Crippen LogP contribution >= 0.6 is 0 Å². The van der Waals surface area contributed by atoms with Crippen LogP contribution in [0.5, 0.6) is 0 Å². The molecule has 0 radical (unpaired) electrons. The number of hydrogen-bond donors (Lipinski definition) is 1. The number of carbonyl (C=O) groups is 2. The molecule has 0 fully saturated rings. The largest absolute Gasteiger partial charge is 0.465 e. The number of carbonyl (C=O) groups excluding carboxylic acids is 2. The molecule has 6 heteroatoms. The van der Waals surface area contributed by atoms with Gasteiger partial charge in [0, 0.05) is 17.2 Å². The average molecular weight is 413 g/mol. The number of methoxy groups -OCH3 is 1. The molecule has 0 spiro atoms. The van der Waals surface area contributed by atoms with Gasteiger partial charge in [0.1, 0.15) is 11.3 Å². The van der Waals surface area contributed by atoms with Crippen molar-refractivity contribution in [3.05, 3.63) is 99.7 Å². The predicted octanol–water partition coefficient (Wildman–Crippen LogP) is 4.81. The topological polar surface area (TPSA) is 85.6 Å². The third-order valence-electron chi connectivity index (χ3n) is 4.89. The Hall–Kier alpha value is -4.19. The number of nitrogens with one attached hydrogen (secondary N) is 1. The van der Waals surface area contributed by atoms with Crippen molar-refractivity contribution in [1.29, 1.82) is 0 Å². The van der Waals surface area contributed by atoms with Crippen molar-refractivity contribution in [1.82, 2.24) is 0 Å². The first kappa shape index (κ1) is 20.1. The first-order chi connectivity index (χ1) is 15.0. The van der Waals surface area contributed by atoms with Gasteiger partial charge in [-0.05, 0) is 43.3 Å². The van der Waals surface area contributed by atoms with Crippen LogP contribution in [0.3, 0.4) is 0 Å². The molecule has 1 amide bonds. The maximum absolute atomic E-state index is 12.6. The summed E-state index contributed by atoms with van der Waals surface area (Å²) in [5, 5.41) is 3.26. The lowest BCUT2D eigenvalue weighted by atomic mass is 10.1. The Balaban J connectivity index is 1.60. The van der Waals surface area contributed by atoms with E-state index in [-0.39, 0.29) is 16.9 Å². The highest BCUT2D eigenvalue weighted by Gasteiger charge is 2.15. The predicted molar refractivity (Wildman–Crippen MR) is 118 cm³/mol. The van der Waals surface area contributed by atoms with Gasteiger partial charge in [-0.15, -0.1) is 0 Å². The smallest absolute Gasteiger partial charge is 0.339 e. The van der Waals surface area contributed by atoms with Gasteiger partial charge in [-0.25, -0.2) is 4.79 Å². The molecule has 0 atom stereocenters. The monoisotopic (exact) mass is 413 g/mol. The van der Waals surface area contributed by atoms with E-state index < -0.39 is 5.97 Å². The Morgan fingerprint density at radius 1 is 0.935 bits per heavy atom. The van der Waals surface area contributed by atoms with Gasteiger partial charge in [0.15, 0.2) is 5.43 Å². The van der Waals surface area contributed by atoms with Gasteiger partial charge in [-0.3, -0.25) is 9.59 Å². The molecule has 0 bridgehead atoms. The minimum atomic E-state index is -0.534. The van der Waals surface area contributed by atoms with E-state index in [2.05, 4.69) is 5.32 Å². The first-order valence-electron chi connectivity index (χ1n) is 9.60. The number of esters is 1. The van der Waals surface area contributed by atoms with Gasteiger partial charge in [0.2, 0.25) is 0 Å². The SMILES string of the molecule is COC(=O)c1ccccc1NC(=O)c1ccc(-c2cc(=O)c3cc(C)ccc3o2)cc1. The average Bonchev–Trinajstić information content (AvgIpc) is 2.79. The minimum Gasteiger partial charge on any atom is -0.465 e. The molecule has 0 saturated heterocycles. The van der Waals surface area contributed by atoms with Crippen molar-refractivity contribution in [2.24, 2.45) is 0 Å². The van der Waals surface area contributed by atoms with Gasteiger partial charge in [-0.2, -0.15) is 0 Å². The van der Waals surface area contributed by atoms with Crippen LogP contribution in [0.25, 0.3) is 22.3 Å². The molecule has 6 nitrogen and oxygen atoms in total. The number of rotatable bonds is 4. The van der Waals surface area contributed by atoms with Crippen LogP contribution in [0.4, 0.5) is 5.69 Å². The molecule has 1 heterocycles. The number of fused-ring (bicyclic) bond motifs is 1. The zero-order chi connectivity index (χ0) is 22.0. The highest BCUT2D eigenvalue weighted by molar-refractivity contribution is 6.08. The van der Waals surface area contributed by atoms with Crippen molar-refractivity contribution >= 4 is 28.5 Å². The molecule has 0 saturated carbocycles. The van der Waals surface area contributed by atoms with Gasteiger partial charge >= 0.3 is 5.97 Å². The van der Waals surface area contributed by atoms with E-state index in [1.807, 2.05) is 13.0 Å². The van der Waals surface area contributed by atoms with Crippen LogP contribution in [-0.2, 0) is 4.74 Å². The summed E-state index contributed by atoms with van der Waals surface area (Å²) in [6, 6.07) is 20.2. The zero-order valence-corrected chi connectivity index (χ0v) is 17.0. The number of benzene rings is 3. The molecular formula is C25H19NO5. The number of aryl methyl sites for hydroxylation is 1. The molecule has 3 aromatic carbocycles. The second-order valence-corrected chi connectivity index (χ2v) is 7.04.